The van der Waals surface area contributed by atoms with Crippen molar-refractivity contribution in [3.63, 3.8) is 0 Å². The van der Waals surface area contributed by atoms with E-state index in [0.29, 0.717) is 6.54 Å². The first-order valence-electron chi connectivity index (χ1n) is 6.37. The summed E-state index contributed by atoms with van der Waals surface area (Å²) in [6, 6.07) is 17.2. The van der Waals surface area contributed by atoms with Gasteiger partial charge in [0.2, 0.25) is 0 Å². The molecule has 0 saturated carbocycles. The van der Waals surface area contributed by atoms with Gasteiger partial charge in [-0.15, -0.1) is 6.42 Å². The summed E-state index contributed by atoms with van der Waals surface area (Å²) in [5.74, 6) is 2.68. The molecule has 0 unspecified atom stereocenters. The molecular weight excluding hydrogens is 230 g/mol. The average Bonchev–Trinajstić information content (AvgIpc) is 2.83. The molecule has 0 bridgehead atoms. The van der Waals surface area contributed by atoms with E-state index in [-0.39, 0.29) is 0 Å². The van der Waals surface area contributed by atoms with E-state index in [1.54, 1.807) is 0 Å². The summed E-state index contributed by atoms with van der Waals surface area (Å²) in [4.78, 5) is 0. The van der Waals surface area contributed by atoms with Gasteiger partial charge in [0, 0.05) is 17.1 Å². The van der Waals surface area contributed by atoms with Crippen molar-refractivity contribution in [1.82, 2.24) is 4.57 Å². The molecule has 0 aliphatic carbocycles. The van der Waals surface area contributed by atoms with E-state index in [0.717, 1.165) is 0 Å². The molecule has 0 fully saturated rings. The lowest BCUT2D eigenvalue weighted by atomic mass is 10.0. The van der Waals surface area contributed by atoms with Gasteiger partial charge in [0.15, 0.2) is 0 Å². The summed E-state index contributed by atoms with van der Waals surface area (Å²) in [5, 5.41) is 1.23. The summed E-state index contributed by atoms with van der Waals surface area (Å²) in [7, 11) is 0. The van der Waals surface area contributed by atoms with E-state index in [4.69, 9.17) is 6.42 Å². The maximum Gasteiger partial charge on any atom is 0.0834 e. The van der Waals surface area contributed by atoms with Crippen molar-refractivity contribution in [2.45, 2.75) is 13.5 Å². The van der Waals surface area contributed by atoms with E-state index in [1.807, 2.05) is 6.20 Å². The minimum absolute atomic E-state index is 0.618. The third-order valence-electron chi connectivity index (χ3n) is 3.42. The van der Waals surface area contributed by atoms with Gasteiger partial charge in [-0.3, -0.25) is 0 Å². The third kappa shape index (κ3) is 2.13. The fourth-order valence-electron chi connectivity index (χ4n) is 2.36. The minimum atomic E-state index is 0.618. The van der Waals surface area contributed by atoms with Crippen LogP contribution < -0.4 is 0 Å². The number of hydrogen-bond donors (Lipinski definition) is 0. The van der Waals surface area contributed by atoms with E-state index in [1.165, 1.54) is 27.6 Å². The Bertz CT molecular complexity index is 754. The van der Waals surface area contributed by atoms with Crippen molar-refractivity contribution in [2.75, 3.05) is 0 Å². The Morgan fingerprint density at radius 2 is 1.74 bits per heavy atom. The van der Waals surface area contributed by atoms with Crippen molar-refractivity contribution >= 4 is 10.9 Å². The molecule has 92 valence electrons. The van der Waals surface area contributed by atoms with Gasteiger partial charge in [0.25, 0.3) is 0 Å². The number of aryl methyl sites for hydroxylation is 1. The van der Waals surface area contributed by atoms with Gasteiger partial charge in [0.05, 0.1) is 6.54 Å². The molecule has 3 rings (SSSR count). The van der Waals surface area contributed by atoms with Gasteiger partial charge >= 0.3 is 0 Å². The highest BCUT2D eigenvalue weighted by atomic mass is 14.9. The zero-order valence-electron chi connectivity index (χ0n) is 10.9. The lowest BCUT2D eigenvalue weighted by Crippen LogP contribution is -1.92. The monoisotopic (exact) mass is 245 g/mol. The Labute approximate surface area is 113 Å². The molecule has 0 atom stereocenters. The van der Waals surface area contributed by atoms with Crippen LogP contribution in [0.4, 0.5) is 0 Å². The van der Waals surface area contributed by atoms with Gasteiger partial charge in [-0.05, 0) is 36.2 Å². The first-order chi connectivity index (χ1) is 9.28. The molecule has 2 aromatic carbocycles. The molecular formula is C18H15N. The second kappa shape index (κ2) is 4.66. The van der Waals surface area contributed by atoms with Gasteiger partial charge in [-0.2, -0.15) is 0 Å². The van der Waals surface area contributed by atoms with Gasteiger partial charge in [-0.1, -0.05) is 41.8 Å². The first kappa shape index (κ1) is 11.6. The Balaban J connectivity index is 2.07. The summed E-state index contributed by atoms with van der Waals surface area (Å²) in [5.41, 5.74) is 4.96. The van der Waals surface area contributed by atoms with Crippen LogP contribution >= 0.6 is 0 Å². The number of fused-ring (bicyclic) bond motifs is 1. The van der Waals surface area contributed by atoms with Crippen LogP contribution in [0, 0.1) is 19.3 Å². The number of benzene rings is 2. The highest BCUT2D eigenvalue weighted by molar-refractivity contribution is 5.85. The summed E-state index contributed by atoms with van der Waals surface area (Å²) < 4.78 is 2.09. The molecule has 1 heteroatoms. The van der Waals surface area contributed by atoms with E-state index < -0.39 is 0 Å². The quantitative estimate of drug-likeness (QED) is 0.595. The van der Waals surface area contributed by atoms with E-state index in [9.17, 15) is 0 Å². The molecule has 0 aliphatic rings. The Kier molecular flexibility index (Phi) is 2.85. The molecule has 1 heterocycles. The third-order valence-corrected chi connectivity index (χ3v) is 3.42. The predicted molar refractivity (Wildman–Crippen MR) is 80.9 cm³/mol. The van der Waals surface area contributed by atoms with Crippen molar-refractivity contribution in [1.29, 1.82) is 0 Å². The molecule has 19 heavy (non-hydrogen) atoms. The lowest BCUT2D eigenvalue weighted by Gasteiger charge is -2.04. The van der Waals surface area contributed by atoms with Gasteiger partial charge in [-0.25, -0.2) is 0 Å². The van der Waals surface area contributed by atoms with Crippen LogP contribution in [0.5, 0.6) is 0 Å². The van der Waals surface area contributed by atoms with Crippen LogP contribution in [0.15, 0.2) is 54.7 Å². The van der Waals surface area contributed by atoms with Crippen molar-refractivity contribution < 1.29 is 0 Å². The van der Waals surface area contributed by atoms with Crippen LogP contribution in [0.25, 0.3) is 22.0 Å². The molecule has 0 saturated heterocycles. The number of nitrogens with zero attached hydrogens (tertiary/aromatic N) is 1. The maximum absolute atomic E-state index is 5.38. The summed E-state index contributed by atoms with van der Waals surface area (Å²) >= 11 is 0. The first-order valence-corrected chi connectivity index (χ1v) is 6.37. The largest absolute Gasteiger partial charge is 0.336 e. The normalized spacial score (nSPS) is 10.5. The number of aromatic nitrogens is 1. The maximum atomic E-state index is 5.38. The standard InChI is InChI=1S/C18H15N/c1-3-11-19-12-10-17-13-16(8-9-18(17)19)15-6-4-14(2)5-7-15/h1,4-10,12-13H,11H2,2H3. The van der Waals surface area contributed by atoms with Gasteiger partial charge < -0.3 is 4.57 Å². The zero-order chi connectivity index (χ0) is 13.2. The number of hydrogen-bond acceptors (Lipinski definition) is 0. The molecule has 3 aromatic rings. The van der Waals surface area contributed by atoms with Crippen LogP contribution in [0.2, 0.25) is 0 Å². The van der Waals surface area contributed by atoms with Crippen molar-refractivity contribution in [3.05, 3.63) is 60.3 Å². The summed E-state index contributed by atoms with van der Waals surface area (Å²) in [6.45, 7) is 2.72. The topological polar surface area (TPSA) is 4.93 Å². The molecule has 0 amide bonds. The van der Waals surface area contributed by atoms with Crippen LogP contribution in [-0.4, -0.2) is 4.57 Å². The molecule has 0 N–H and O–H groups in total. The molecule has 0 radical (unpaired) electrons. The zero-order valence-corrected chi connectivity index (χ0v) is 10.9. The Morgan fingerprint density at radius 1 is 1.00 bits per heavy atom. The molecule has 1 nitrogen and oxygen atoms in total. The highest BCUT2D eigenvalue weighted by Crippen LogP contribution is 2.25. The molecule has 1 aromatic heterocycles. The van der Waals surface area contributed by atoms with E-state index >= 15 is 0 Å². The molecule has 0 aliphatic heterocycles. The fraction of sp³-hybridized carbons (Fsp3) is 0.111. The van der Waals surface area contributed by atoms with Crippen molar-refractivity contribution in [3.8, 4) is 23.5 Å². The van der Waals surface area contributed by atoms with Crippen LogP contribution in [0.3, 0.4) is 0 Å². The van der Waals surface area contributed by atoms with E-state index in [2.05, 4.69) is 65.9 Å². The second-order valence-electron chi connectivity index (χ2n) is 4.79. The Morgan fingerprint density at radius 3 is 2.47 bits per heavy atom. The molecule has 0 spiro atoms. The Hall–Kier alpha value is -2.46. The second-order valence-corrected chi connectivity index (χ2v) is 4.79. The lowest BCUT2D eigenvalue weighted by molar-refractivity contribution is 0.886. The van der Waals surface area contributed by atoms with Crippen LogP contribution in [-0.2, 0) is 6.54 Å². The van der Waals surface area contributed by atoms with Crippen LogP contribution in [0.1, 0.15) is 5.56 Å². The number of rotatable bonds is 2. The predicted octanol–water partition coefficient (Wildman–Crippen LogP) is 4.25. The van der Waals surface area contributed by atoms with Crippen molar-refractivity contribution in [2.24, 2.45) is 0 Å². The summed E-state index contributed by atoms with van der Waals surface area (Å²) in [6.07, 6.45) is 7.42. The number of terminal acetylenes is 1. The highest BCUT2D eigenvalue weighted by Gasteiger charge is 2.03. The van der Waals surface area contributed by atoms with Gasteiger partial charge in [0.1, 0.15) is 0 Å². The smallest absolute Gasteiger partial charge is 0.0834 e. The fourth-order valence-corrected chi connectivity index (χ4v) is 2.36. The SMILES string of the molecule is C#CCn1ccc2cc(-c3ccc(C)cc3)ccc21. The minimum Gasteiger partial charge on any atom is -0.336 e. The average molecular weight is 245 g/mol.